The minimum Gasteiger partial charge on any atom is -0.434 e. The summed E-state index contributed by atoms with van der Waals surface area (Å²) in [7, 11) is 0. The van der Waals surface area contributed by atoms with Gasteiger partial charge in [0.25, 0.3) is 5.91 Å². The molecule has 0 saturated carbocycles. The van der Waals surface area contributed by atoms with Gasteiger partial charge >= 0.3 is 6.61 Å². The van der Waals surface area contributed by atoms with Gasteiger partial charge in [-0.3, -0.25) is 4.79 Å². The fourth-order valence-electron chi connectivity index (χ4n) is 2.03. The van der Waals surface area contributed by atoms with E-state index in [1.165, 1.54) is 18.3 Å². The van der Waals surface area contributed by atoms with Gasteiger partial charge in [0.1, 0.15) is 5.75 Å². The lowest BCUT2D eigenvalue weighted by Crippen LogP contribution is -2.28. The van der Waals surface area contributed by atoms with Gasteiger partial charge in [-0.15, -0.1) is 0 Å². The number of nitrogens with zero attached hydrogens (tertiary/aromatic N) is 1. The van der Waals surface area contributed by atoms with Crippen molar-refractivity contribution in [3.63, 3.8) is 0 Å². The zero-order valence-corrected chi connectivity index (χ0v) is 14.5. The van der Waals surface area contributed by atoms with Crippen molar-refractivity contribution in [1.29, 1.82) is 0 Å². The molecule has 2 aromatic carbocycles. The number of alkyl halides is 2. The van der Waals surface area contributed by atoms with Gasteiger partial charge in [-0.05, 0) is 36.2 Å². The van der Waals surface area contributed by atoms with Gasteiger partial charge in [0, 0.05) is 17.1 Å². The third-order valence-corrected chi connectivity index (χ3v) is 3.50. The summed E-state index contributed by atoms with van der Waals surface area (Å²) in [5.41, 5.74) is 1.36. The molecule has 1 amide bonds. The monoisotopic (exact) mass is 382 g/mol. The molecule has 0 bridgehead atoms. The topological polar surface area (TPSA) is 59.9 Å². The van der Waals surface area contributed by atoms with Crippen LogP contribution in [0.5, 0.6) is 5.75 Å². The van der Waals surface area contributed by atoms with Crippen LogP contribution in [0, 0.1) is 0 Å². The van der Waals surface area contributed by atoms with Crippen LogP contribution in [0.2, 0.25) is 5.02 Å². The molecule has 2 aromatic rings. The van der Waals surface area contributed by atoms with Gasteiger partial charge in [-0.1, -0.05) is 41.0 Å². The number of hydrogen-bond acceptors (Lipinski definition) is 4. The molecule has 1 N–H and O–H groups in total. The molecule has 0 unspecified atom stereocenters. The lowest BCUT2D eigenvalue weighted by atomic mass is 10.1. The van der Waals surface area contributed by atoms with Crippen LogP contribution in [0.3, 0.4) is 0 Å². The van der Waals surface area contributed by atoms with Gasteiger partial charge in [-0.25, -0.2) is 0 Å². The summed E-state index contributed by atoms with van der Waals surface area (Å²) in [5.74, 6) is -0.365. The van der Waals surface area contributed by atoms with Crippen molar-refractivity contribution in [1.82, 2.24) is 5.32 Å². The van der Waals surface area contributed by atoms with E-state index in [1.54, 1.807) is 24.3 Å². The van der Waals surface area contributed by atoms with Gasteiger partial charge in [0.15, 0.2) is 6.61 Å². The van der Waals surface area contributed by atoms with Crippen LogP contribution in [-0.4, -0.2) is 31.9 Å². The van der Waals surface area contributed by atoms with E-state index in [9.17, 15) is 13.6 Å². The Bertz CT molecular complexity index is 739. The van der Waals surface area contributed by atoms with Crippen molar-refractivity contribution in [3.8, 4) is 5.75 Å². The van der Waals surface area contributed by atoms with E-state index in [0.717, 1.165) is 5.56 Å². The third-order valence-electron chi connectivity index (χ3n) is 3.25. The fourth-order valence-corrected chi connectivity index (χ4v) is 2.15. The molecule has 0 aliphatic carbocycles. The summed E-state index contributed by atoms with van der Waals surface area (Å²) in [6.07, 6.45) is 1.86. The minimum absolute atomic E-state index is 0.0257. The quantitative estimate of drug-likeness (QED) is 0.532. The maximum absolute atomic E-state index is 12.3. The summed E-state index contributed by atoms with van der Waals surface area (Å²) in [6.45, 7) is -2.77. The molecule has 8 heteroatoms. The van der Waals surface area contributed by atoms with E-state index < -0.39 is 6.61 Å². The lowest BCUT2D eigenvalue weighted by molar-refractivity contribution is -0.125. The van der Waals surface area contributed by atoms with E-state index in [4.69, 9.17) is 16.4 Å². The Morgan fingerprint density at radius 3 is 2.65 bits per heavy atom. The van der Waals surface area contributed by atoms with E-state index in [2.05, 4.69) is 15.2 Å². The standard InChI is InChI=1S/C18H17ClF2N2O3/c19-15-7-5-13(6-8-15)9-10-22-17(24)12-25-23-11-14-3-1-2-4-16(14)26-18(20)21/h1-8,11,18H,9-10,12H2,(H,22,24)/b23-11+. The summed E-state index contributed by atoms with van der Waals surface area (Å²) < 4.78 is 29.0. The average molecular weight is 383 g/mol. The third kappa shape index (κ3) is 7.06. The number of amides is 1. The Morgan fingerprint density at radius 1 is 1.19 bits per heavy atom. The predicted molar refractivity (Wildman–Crippen MR) is 94.8 cm³/mol. The molecule has 0 fully saturated rings. The van der Waals surface area contributed by atoms with Crippen LogP contribution in [0.4, 0.5) is 8.78 Å². The number of ether oxygens (including phenoxy) is 1. The fraction of sp³-hybridized carbons (Fsp3) is 0.222. The molecule has 0 radical (unpaired) electrons. The molecule has 0 saturated heterocycles. The zero-order chi connectivity index (χ0) is 18.8. The number of hydrogen-bond donors (Lipinski definition) is 1. The van der Waals surface area contributed by atoms with Crippen molar-refractivity contribution >= 4 is 23.7 Å². The van der Waals surface area contributed by atoms with Gasteiger partial charge < -0.3 is 14.9 Å². The van der Waals surface area contributed by atoms with Crippen LogP contribution in [0.25, 0.3) is 0 Å². The summed E-state index contributed by atoms with van der Waals surface area (Å²) in [6, 6.07) is 13.5. The number of carbonyl (C=O) groups excluding carboxylic acids is 1. The first-order valence-electron chi connectivity index (χ1n) is 7.75. The number of para-hydroxylation sites is 1. The first-order chi connectivity index (χ1) is 12.5. The normalized spacial score (nSPS) is 10.9. The van der Waals surface area contributed by atoms with Crippen molar-refractivity contribution in [2.75, 3.05) is 13.2 Å². The molecule has 26 heavy (non-hydrogen) atoms. The number of oxime groups is 1. The minimum atomic E-state index is -2.93. The molecule has 138 valence electrons. The molecule has 0 aliphatic rings. The lowest BCUT2D eigenvalue weighted by Gasteiger charge is -2.07. The van der Waals surface area contributed by atoms with E-state index in [1.807, 2.05) is 12.1 Å². The Hall–Kier alpha value is -2.67. The average Bonchev–Trinajstić information content (AvgIpc) is 2.61. The van der Waals surface area contributed by atoms with Gasteiger partial charge in [-0.2, -0.15) is 8.78 Å². The van der Waals surface area contributed by atoms with Gasteiger partial charge in [0.05, 0.1) is 6.21 Å². The summed E-state index contributed by atoms with van der Waals surface area (Å²) >= 11 is 5.80. The largest absolute Gasteiger partial charge is 0.434 e. The first kappa shape index (κ1) is 19.7. The van der Waals surface area contributed by atoms with Crippen LogP contribution in [-0.2, 0) is 16.1 Å². The second-order valence-electron chi connectivity index (χ2n) is 5.15. The highest BCUT2D eigenvalue weighted by Gasteiger charge is 2.07. The SMILES string of the molecule is O=C(CO/N=C/c1ccccc1OC(F)F)NCCc1ccc(Cl)cc1. The second-order valence-corrected chi connectivity index (χ2v) is 5.59. The van der Waals surface area contributed by atoms with E-state index >= 15 is 0 Å². The second kappa shape index (κ2) is 10.4. The molecule has 2 rings (SSSR count). The Kier molecular flexibility index (Phi) is 7.82. The van der Waals surface area contributed by atoms with Crippen molar-refractivity contribution in [3.05, 3.63) is 64.7 Å². The molecule has 0 aliphatic heterocycles. The molecule has 5 nitrogen and oxygen atoms in total. The van der Waals surface area contributed by atoms with Crippen LogP contribution >= 0.6 is 11.6 Å². The molecule has 0 spiro atoms. The Balaban J connectivity index is 1.71. The molecular formula is C18H17ClF2N2O3. The van der Waals surface area contributed by atoms with Crippen molar-refractivity contribution in [2.24, 2.45) is 5.16 Å². The van der Waals surface area contributed by atoms with Gasteiger partial charge in [0.2, 0.25) is 0 Å². The smallest absolute Gasteiger partial charge is 0.387 e. The maximum Gasteiger partial charge on any atom is 0.387 e. The van der Waals surface area contributed by atoms with Crippen molar-refractivity contribution in [2.45, 2.75) is 13.0 Å². The number of rotatable bonds is 9. The Morgan fingerprint density at radius 2 is 1.92 bits per heavy atom. The number of benzene rings is 2. The van der Waals surface area contributed by atoms with Crippen LogP contribution < -0.4 is 10.1 Å². The first-order valence-corrected chi connectivity index (χ1v) is 8.12. The maximum atomic E-state index is 12.3. The summed E-state index contributed by atoms with van der Waals surface area (Å²) in [5, 5.41) is 6.94. The highest BCUT2D eigenvalue weighted by molar-refractivity contribution is 6.30. The zero-order valence-electron chi connectivity index (χ0n) is 13.7. The van der Waals surface area contributed by atoms with E-state index in [-0.39, 0.29) is 18.3 Å². The predicted octanol–water partition coefficient (Wildman–Crippen LogP) is 3.65. The van der Waals surface area contributed by atoms with Crippen LogP contribution in [0.15, 0.2) is 53.7 Å². The molecule has 0 heterocycles. The van der Waals surface area contributed by atoms with E-state index in [0.29, 0.717) is 23.6 Å². The van der Waals surface area contributed by atoms with Crippen LogP contribution in [0.1, 0.15) is 11.1 Å². The Labute approximate surface area is 154 Å². The molecule has 0 aromatic heterocycles. The summed E-state index contributed by atoms with van der Waals surface area (Å²) in [4.78, 5) is 16.5. The van der Waals surface area contributed by atoms with Crippen molar-refractivity contribution < 1.29 is 23.1 Å². The molecular weight excluding hydrogens is 366 g/mol. The number of carbonyl (C=O) groups is 1. The highest BCUT2D eigenvalue weighted by Crippen LogP contribution is 2.18. The number of nitrogens with one attached hydrogen (secondary N) is 1. The molecule has 0 atom stereocenters. The number of halogens is 3. The highest BCUT2D eigenvalue weighted by atomic mass is 35.5.